The molecule has 0 saturated carbocycles. The van der Waals surface area contributed by atoms with Crippen molar-refractivity contribution in [3.8, 4) is 0 Å². The summed E-state index contributed by atoms with van der Waals surface area (Å²) < 4.78 is 0. The first-order chi connectivity index (χ1) is 7.01. The Bertz CT molecular complexity index is 180. The molecule has 0 aromatic rings. The summed E-state index contributed by atoms with van der Waals surface area (Å²) in [5, 5.41) is 6.23. The number of hydrogen-bond acceptors (Lipinski definition) is 2. The maximum Gasteiger partial charge on any atom is 0.234 e. The highest BCUT2D eigenvalue weighted by Crippen LogP contribution is 2.04. The summed E-state index contributed by atoms with van der Waals surface area (Å²) in [6.07, 6.45) is 2.04. The average molecular weight is 214 g/mol. The highest BCUT2D eigenvalue weighted by molar-refractivity contribution is 5.78. The molecule has 0 saturated heterocycles. The molecule has 2 atom stereocenters. The van der Waals surface area contributed by atoms with E-state index in [1.165, 1.54) is 0 Å². The normalized spacial score (nSPS) is 15.1. The molecule has 0 rings (SSSR count). The molecule has 1 amide bonds. The van der Waals surface area contributed by atoms with Gasteiger partial charge in [-0.05, 0) is 25.7 Å². The minimum atomic E-state index is 0.100. The van der Waals surface area contributed by atoms with Crippen LogP contribution in [0.3, 0.4) is 0 Å². The Morgan fingerprint density at radius 2 is 1.73 bits per heavy atom. The van der Waals surface area contributed by atoms with E-state index in [0.717, 1.165) is 12.8 Å². The van der Waals surface area contributed by atoms with Crippen LogP contribution in [0.15, 0.2) is 0 Å². The maximum atomic E-state index is 11.5. The highest BCUT2D eigenvalue weighted by Gasteiger charge is 2.12. The quantitative estimate of drug-likeness (QED) is 0.680. The van der Waals surface area contributed by atoms with Crippen LogP contribution in [0.5, 0.6) is 0 Å². The Hall–Kier alpha value is -0.570. The zero-order valence-electron chi connectivity index (χ0n) is 10.8. The van der Waals surface area contributed by atoms with Crippen LogP contribution in [0.4, 0.5) is 0 Å². The van der Waals surface area contributed by atoms with Crippen LogP contribution in [-0.2, 0) is 4.79 Å². The Morgan fingerprint density at radius 3 is 2.13 bits per heavy atom. The van der Waals surface area contributed by atoms with Crippen molar-refractivity contribution in [3.63, 3.8) is 0 Å². The smallest absolute Gasteiger partial charge is 0.234 e. The van der Waals surface area contributed by atoms with E-state index in [1.54, 1.807) is 0 Å². The lowest BCUT2D eigenvalue weighted by Gasteiger charge is -2.21. The second-order valence-electron chi connectivity index (χ2n) is 4.52. The zero-order chi connectivity index (χ0) is 11.8. The molecule has 15 heavy (non-hydrogen) atoms. The third-order valence-electron chi connectivity index (χ3n) is 2.79. The van der Waals surface area contributed by atoms with Crippen molar-refractivity contribution in [3.05, 3.63) is 0 Å². The van der Waals surface area contributed by atoms with Gasteiger partial charge in [0.05, 0.1) is 6.54 Å². The average Bonchev–Trinajstić information content (AvgIpc) is 2.17. The lowest BCUT2D eigenvalue weighted by molar-refractivity contribution is -0.121. The van der Waals surface area contributed by atoms with Gasteiger partial charge >= 0.3 is 0 Å². The molecule has 0 aliphatic rings. The summed E-state index contributed by atoms with van der Waals surface area (Å²) in [6.45, 7) is 11.0. The van der Waals surface area contributed by atoms with Gasteiger partial charge in [0.2, 0.25) is 5.91 Å². The predicted molar refractivity (Wildman–Crippen MR) is 64.8 cm³/mol. The van der Waals surface area contributed by atoms with E-state index in [2.05, 4.69) is 38.3 Å². The molecule has 0 radical (unpaired) electrons. The van der Waals surface area contributed by atoms with Gasteiger partial charge in [-0.15, -0.1) is 0 Å². The predicted octanol–water partition coefficient (Wildman–Crippen LogP) is 1.93. The van der Waals surface area contributed by atoms with Crippen molar-refractivity contribution in [1.82, 2.24) is 10.6 Å². The van der Waals surface area contributed by atoms with Crippen molar-refractivity contribution < 1.29 is 4.79 Å². The van der Waals surface area contributed by atoms with Gasteiger partial charge < -0.3 is 10.6 Å². The number of amides is 1. The fourth-order valence-corrected chi connectivity index (χ4v) is 1.50. The molecule has 90 valence electrons. The topological polar surface area (TPSA) is 41.1 Å². The van der Waals surface area contributed by atoms with Gasteiger partial charge in [-0.2, -0.15) is 0 Å². The summed E-state index contributed by atoms with van der Waals surface area (Å²) in [5.41, 5.74) is 0. The monoisotopic (exact) mass is 214 g/mol. The summed E-state index contributed by atoms with van der Waals surface area (Å²) in [6, 6.07) is 0.714. The summed E-state index contributed by atoms with van der Waals surface area (Å²) in [4.78, 5) is 11.5. The Balaban J connectivity index is 3.78. The molecule has 0 bridgehead atoms. The highest BCUT2D eigenvalue weighted by atomic mass is 16.1. The van der Waals surface area contributed by atoms with E-state index in [-0.39, 0.29) is 11.9 Å². The van der Waals surface area contributed by atoms with Crippen LogP contribution in [0.1, 0.15) is 47.5 Å². The fourth-order valence-electron chi connectivity index (χ4n) is 1.50. The minimum absolute atomic E-state index is 0.100. The Kier molecular flexibility index (Phi) is 7.39. The number of nitrogens with one attached hydrogen (secondary N) is 2. The standard InChI is InChI=1S/C12H26N2O/c1-6-10(5)14-12(15)8-13-11(7-2)9(3)4/h9-11,13H,6-8H2,1-5H3,(H,14,15). The fraction of sp³-hybridized carbons (Fsp3) is 0.917. The van der Waals surface area contributed by atoms with Gasteiger partial charge in [0.1, 0.15) is 0 Å². The summed E-state index contributed by atoms with van der Waals surface area (Å²) in [7, 11) is 0. The SMILES string of the molecule is CCC(C)NC(=O)CNC(CC)C(C)C. The maximum absolute atomic E-state index is 11.5. The lowest BCUT2D eigenvalue weighted by Crippen LogP contribution is -2.43. The number of rotatable bonds is 7. The van der Waals surface area contributed by atoms with Gasteiger partial charge in [-0.3, -0.25) is 4.79 Å². The van der Waals surface area contributed by atoms with Gasteiger partial charge in [0.25, 0.3) is 0 Å². The van der Waals surface area contributed by atoms with Crippen LogP contribution in [-0.4, -0.2) is 24.5 Å². The minimum Gasteiger partial charge on any atom is -0.353 e. The Morgan fingerprint density at radius 1 is 1.13 bits per heavy atom. The first-order valence-electron chi connectivity index (χ1n) is 6.03. The molecule has 0 aliphatic carbocycles. The van der Waals surface area contributed by atoms with E-state index in [1.807, 2.05) is 6.92 Å². The lowest BCUT2D eigenvalue weighted by atomic mass is 10.0. The van der Waals surface area contributed by atoms with Crippen molar-refractivity contribution in [1.29, 1.82) is 0 Å². The van der Waals surface area contributed by atoms with Gasteiger partial charge in [-0.25, -0.2) is 0 Å². The summed E-state index contributed by atoms with van der Waals surface area (Å²) in [5.74, 6) is 0.676. The van der Waals surface area contributed by atoms with Crippen molar-refractivity contribution in [2.75, 3.05) is 6.54 Å². The van der Waals surface area contributed by atoms with E-state index < -0.39 is 0 Å². The molecule has 0 spiro atoms. The number of hydrogen-bond donors (Lipinski definition) is 2. The third-order valence-corrected chi connectivity index (χ3v) is 2.79. The van der Waals surface area contributed by atoms with Gasteiger partial charge in [0, 0.05) is 12.1 Å². The molecule has 0 aromatic carbocycles. The molecule has 0 aromatic heterocycles. The Labute approximate surface area is 94.0 Å². The molecule has 3 heteroatoms. The second kappa shape index (κ2) is 7.69. The largest absolute Gasteiger partial charge is 0.353 e. The van der Waals surface area contributed by atoms with Crippen LogP contribution < -0.4 is 10.6 Å². The molecule has 0 heterocycles. The van der Waals surface area contributed by atoms with E-state index in [9.17, 15) is 4.79 Å². The molecule has 3 nitrogen and oxygen atoms in total. The molecule has 0 fully saturated rings. The third kappa shape index (κ3) is 6.50. The van der Waals surface area contributed by atoms with Crippen LogP contribution in [0, 0.1) is 5.92 Å². The zero-order valence-corrected chi connectivity index (χ0v) is 10.8. The first kappa shape index (κ1) is 14.4. The van der Waals surface area contributed by atoms with E-state index in [4.69, 9.17) is 0 Å². The van der Waals surface area contributed by atoms with Gasteiger partial charge in [0.15, 0.2) is 0 Å². The molecule has 0 aliphatic heterocycles. The van der Waals surface area contributed by atoms with Crippen LogP contribution in [0.25, 0.3) is 0 Å². The van der Waals surface area contributed by atoms with Gasteiger partial charge in [-0.1, -0.05) is 27.7 Å². The van der Waals surface area contributed by atoms with Crippen molar-refractivity contribution in [2.24, 2.45) is 5.92 Å². The van der Waals surface area contributed by atoms with Crippen molar-refractivity contribution in [2.45, 2.75) is 59.5 Å². The van der Waals surface area contributed by atoms with E-state index >= 15 is 0 Å². The van der Waals surface area contributed by atoms with Crippen LogP contribution >= 0.6 is 0 Å². The number of carbonyl (C=O) groups excluding carboxylic acids is 1. The van der Waals surface area contributed by atoms with E-state index in [0.29, 0.717) is 18.5 Å². The molecule has 2 unspecified atom stereocenters. The summed E-state index contributed by atoms with van der Waals surface area (Å²) >= 11 is 0. The molecular formula is C12H26N2O. The molecular weight excluding hydrogens is 188 g/mol. The van der Waals surface area contributed by atoms with Crippen molar-refractivity contribution >= 4 is 5.91 Å². The first-order valence-corrected chi connectivity index (χ1v) is 6.03. The molecule has 2 N–H and O–H groups in total. The second-order valence-corrected chi connectivity index (χ2v) is 4.52. The number of carbonyl (C=O) groups is 1. The van der Waals surface area contributed by atoms with Crippen LogP contribution in [0.2, 0.25) is 0 Å².